The molecule has 0 saturated carbocycles. The molecule has 1 aliphatic rings. The Bertz CT molecular complexity index is 574. The van der Waals surface area contributed by atoms with Crippen LogP contribution in [0.4, 0.5) is 5.82 Å². The summed E-state index contributed by atoms with van der Waals surface area (Å²) in [6.45, 7) is 4.16. The highest BCUT2D eigenvalue weighted by atomic mass is 16.2. The monoisotopic (exact) mass is 390 g/mol. The van der Waals surface area contributed by atoms with Gasteiger partial charge in [-0.15, -0.1) is 0 Å². The molecule has 0 aliphatic carbocycles. The van der Waals surface area contributed by atoms with Crippen molar-refractivity contribution in [3.8, 4) is 0 Å². The summed E-state index contributed by atoms with van der Waals surface area (Å²) in [5, 5.41) is 12.1. The van der Waals surface area contributed by atoms with Crippen LogP contribution in [0.2, 0.25) is 0 Å². The van der Waals surface area contributed by atoms with Crippen LogP contribution in [0.1, 0.15) is 80.1 Å². The number of anilines is 1. The van der Waals surface area contributed by atoms with Gasteiger partial charge in [-0.25, -0.2) is 4.98 Å². The molecule has 158 valence electrons. The van der Waals surface area contributed by atoms with Gasteiger partial charge in [0.15, 0.2) is 0 Å². The number of aliphatic hydroxyl groups is 1. The van der Waals surface area contributed by atoms with Crippen molar-refractivity contribution < 1.29 is 9.90 Å². The summed E-state index contributed by atoms with van der Waals surface area (Å²) < 4.78 is 0. The first-order valence-electron chi connectivity index (χ1n) is 11.1. The van der Waals surface area contributed by atoms with Crippen molar-refractivity contribution in [3.63, 3.8) is 0 Å². The highest BCUT2D eigenvalue weighted by Gasteiger charge is 2.15. The summed E-state index contributed by atoms with van der Waals surface area (Å²) in [7, 11) is 0. The lowest BCUT2D eigenvalue weighted by Gasteiger charge is -2.28. The number of aromatic nitrogens is 1. The topological polar surface area (TPSA) is 91.5 Å². The first-order chi connectivity index (χ1) is 13.7. The molecule has 0 aromatic carbocycles. The standard InChI is InChI=1S/C22H38N4O2/c23-22(28)20-18-25-21(26-14-12-24-13-15-26)17-19(20)11-9-7-5-3-1-2-4-6-8-10-16-27/h17-18,24,27H,1-16H2,(H2,23,28). The number of piperazine rings is 1. The Morgan fingerprint density at radius 1 is 1.00 bits per heavy atom. The number of nitrogens with zero attached hydrogens (tertiary/aromatic N) is 2. The van der Waals surface area contributed by atoms with Crippen molar-refractivity contribution in [2.45, 2.75) is 70.6 Å². The number of hydrogen-bond donors (Lipinski definition) is 3. The molecule has 6 heteroatoms. The number of unbranched alkanes of at least 4 members (excludes halogenated alkanes) is 9. The second-order valence-electron chi connectivity index (χ2n) is 7.81. The van der Waals surface area contributed by atoms with E-state index in [2.05, 4.69) is 21.3 Å². The highest BCUT2D eigenvalue weighted by Crippen LogP contribution is 2.20. The number of pyridine rings is 1. The zero-order valence-electron chi connectivity index (χ0n) is 17.3. The van der Waals surface area contributed by atoms with Gasteiger partial charge in [0.2, 0.25) is 0 Å². The van der Waals surface area contributed by atoms with Crippen molar-refractivity contribution in [1.29, 1.82) is 0 Å². The molecule has 1 saturated heterocycles. The van der Waals surface area contributed by atoms with E-state index in [1.165, 1.54) is 44.9 Å². The van der Waals surface area contributed by atoms with Crippen LogP contribution < -0.4 is 16.0 Å². The van der Waals surface area contributed by atoms with Gasteiger partial charge >= 0.3 is 0 Å². The summed E-state index contributed by atoms with van der Waals surface area (Å²) in [5.41, 5.74) is 7.17. The van der Waals surface area contributed by atoms with E-state index in [1.54, 1.807) is 6.20 Å². The van der Waals surface area contributed by atoms with Crippen LogP contribution in [-0.2, 0) is 6.42 Å². The van der Waals surface area contributed by atoms with Gasteiger partial charge in [0, 0.05) is 39.0 Å². The molecule has 0 unspecified atom stereocenters. The van der Waals surface area contributed by atoms with Crippen LogP contribution >= 0.6 is 0 Å². The Balaban J connectivity index is 1.69. The fraction of sp³-hybridized carbons (Fsp3) is 0.727. The van der Waals surface area contributed by atoms with Gasteiger partial charge < -0.3 is 21.1 Å². The first-order valence-corrected chi connectivity index (χ1v) is 11.1. The number of carbonyl (C=O) groups excluding carboxylic acids is 1. The maximum atomic E-state index is 11.8. The lowest BCUT2D eigenvalue weighted by molar-refractivity contribution is 0.0999. The van der Waals surface area contributed by atoms with Gasteiger partial charge in [-0.2, -0.15) is 0 Å². The van der Waals surface area contributed by atoms with E-state index in [0.717, 1.165) is 63.2 Å². The van der Waals surface area contributed by atoms with Crippen LogP contribution in [0, 0.1) is 0 Å². The number of nitrogens with one attached hydrogen (secondary N) is 1. The Hall–Kier alpha value is -1.66. The molecule has 2 rings (SSSR count). The third-order valence-corrected chi connectivity index (χ3v) is 5.54. The molecule has 0 atom stereocenters. The molecule has 0 radical (unpaired) electrons. The molecule has 1 fully saturated rings. The second-order valence-corrected chi connectivity index (χ2v) is 7.81. The average molecular weight is 391 g/mol. The van der Waals surface area contributed by atoms with E-state index in [4.69, 9.17) is 10.8 Å². The lowest BCUT2D eigenvalue weighted by atomic mass is 10.0. The molecular formula is C22H38N4O2. The van der Waals surface area contributed by atoms with Crippen molar-refractivity contribution in [2.24, 2.45) is 5.73 Å². The molecule has 4 N–H and O–H groups in total. The largest absolute Gasteiger partial charge is 0.396 e. The van der Waals surface area contributed by atoms with Gasteiger partial charge in [0.25, 0.3) is 5.91 Å². The maximum absolute atomic E-state index is 11.8. The van der Waals surface area contributed by atoms with Crippen LogP contribution in [0.15, 0.2) is 12.3 Å². The Kier molecular flexibility index (Phi) is 10.9. The van der Waals surface area contributed by atoms with Crippen molar-refractivity contribution in [1.82, 2.24) is 10.3 Å². The third kappa shape index (κ3) is 8.15. The number of nitrogens with two attached hydrogens (primary N) is 1. The van der Waals surface area contributed by atoms with Crippen LogP contribution in [-0.4, -0.2) is 48.8 Å². The van der Waals surface area contributed by atoms with E-state index in [9.17, 15) is 4.79 Å². The smallest absolute Gasteiger partial charge is 0.250 e. The lowest BCUT2D eigenvalue weighted by Crippen LogP contribution is -2.44. The minimum atomic E-state index is -0.379. The Morgan fingerprint density at radius 2 is 1.57 bits per heavy atom. The molecule has 28 heavy (non-hydrogen) atoms. The predicted molar refractivity (Wildman–Crippen MR) is 115 cm³/mol. The predicted octanol–water partition coefficient (Wildman–Crippen LogP) is 3.03. The zero-order valence-corrected chi connectivity index (χ0v) is 17.3. The molecular weight excluding hydrogens is 352 g/mol. The van der Waals surface area contributed by atoms with Gasteiger partial charge in [0.1, 0.15) is 5.82 Å². The average Bonchev–Trinajstić information content (AvgIpc) is 2.72. The summed E-state index contributed by atoms with van der Waals surface area (Å²) >= 11 is 0. The van der Waals surface area contributed by atoms with Gasteiger partial charge in [-0.3, -0.25) is 4.79 Å². The molecule has 6 nitrogen and oxygen atoms in total. The number of primary amides is 1. The van der Waals surface area contributed by atoms with Crippen molar-refractivity contribution in [3.05, 3.63) is 23.4 Å². The summed E-state index contributed by atoms with van der Waals surface area (Å²) in [6, 6.07) is 2.07. The van der Waals surface area contributed by atoms with Crippen LogP contribution in [0.25, 0.3) is 0 Å². The maximum Gasteiger partial charge on any atom is 0.250 e. The number of carbonyl (C=O) groups is 1. The quantitative estimate of drug-likeness (QED) is 0.425. The number of amides is 1. The SMILES string of the molecule is NC(=O)c1cnc(N2CCNCC2)cc1CCCCCCCCCCCCO. The third-order valence-electron chi connectivity index (χ3n) is 5.54. The Morgan fingerprint density at radius 3 is 2.14 bits per heavy atom. The fourth-order valence-corrected chi connectivity index (χ4v) is 3.82. The summed E-state index contributed by atoms with van der Waals surface area (Å²) in [5.74, 6) is 0.582. The van der Waals surface area contributed by atoms with E-state index in [0.29, 0.717) is 12.2 Å². The Labute approximate surface area is 169 Å². The van der Waals surface area contributed by atoms with Gasteiger partial charge in [-0.1, -0.05) is 51.4 Å². The molecule has 0 spiro atoms. The minimum absolute atomic E-state index is 0.325. The molecule has 1 amide bonds. The first kappa shape index (κ1) is 22.6. The van der Waals surface area contributed by atoms with E-state index < -0.39 is 0 Å². The normalized spacial score (nSPS) is 14.4. The molecule has 0 bridgehead atoms. The molecule has 1 aromatic rings. The minimum Gasteiger partial charge on any atom is -0.396 e. The summed E-state index contributed by atoms with van der Waals surface area (Å²) in [6.07, 6.45) is 14.6. The van der Waals surface area contributed by atoms with Crippen molar-refractivity contribution in [2.75, 3.05) is 37.7 Å². The van der Waals surface area contributed by atoms with E-state index in [-0.39, 0.29) is 5.91 Å². The highest BCUT2D eigenvalue weighted by molar-refractivity contribution is 5.94. The molecule has 2 heterocycles. The second kappa shape index (κ2) is 13.5. The van der Waals surface area contributed by atoms with E-state index in [1.807, 2.05) is 0 Å². The number of aliphatic hydroxyl groups excluding tert-OH is 1. The molecule has 1 aliphatic heterocycles. The number of rotatable bonds is 14. The molecule has 1 aromatic heterocycles. The number of hydrogen-bond acceptors (Lipinski definition) is 5. The van der Waals surface area contributed by atoms with Gasteiger partial charge in [-0.05, 0) is 30.9 Å². The van der Waals surface area contributed by atoms with Crippen LogP contribution in [0.5, 0.6) is 0 Å². The van der Waals surface area contributed by atoms with Gasteiger partial charge in [0.05, 0.1) is 5.56 Å². The van der Waals surface area contributed by atoms with Crippen LogP contribution in [0.3, 0.4) is 0 Å². The fourth-order valence-electron chi connectivity index (χ4n) is 3.82. The number of aryl methyl sites for hydroxylation is 1. The van der Waals surface area contributed by atoms with Crippen molar-refractivity contribution >= 4 is 11.7 Å². The summed E-state index contributed by atoms with van der Waals surface area (Å²) in [4.78, 5) is 18.5. The van der Waals surface area contributed by atoms with E-state index >= 15 is 0 Å². The zero-order chi connectivity index (χ0) is 20.0.